The number of allylic oxidation sites excluding steroid dienone is 10. The van der Waals surface area contributed by atoms with Crippen molar-refractivity contribution in [3.8, 4) is 0 Å². The number of hydrogen-bond acceptors (Lipinski definition) is 5. The van der Waals surface area contributed by atoms with Crippen molar-refractivity contribution in [3.63, 3.8) is 0 Å². The Morgan fingerprint density at radius 3 is 1.19 bits per heavy atom. The van der Waals surface area contributed by atoms with Crippen LogP contribution in [0, 0.1) is 0 Å². The third kappa shape index (κ3) is 46.3. The Hall–Kier alpha value is -2.40. The molecule has 0 saturated carbocycles. The molecule has 0 N–H and O–H groups in total. The molecule has 0 bridgehead atoms. The van der Waals surface area contributed by atoms with Crippen LogP contribution in [-0.4, -0.2) is 37.9 Å². The molecule has 0 spiro atoms. The summed E-state index contributed by atoms with van der Waals surface area (Å²) in [6.07, 6.45) is 61.1. The summed E-state index contributed by atoms with van der Waals surface area (Å²) in [5, 5.41) is 0. The predicted octanol–water partition coefficient (Wildman–Crippen LogP) is 16.6. The van der Waals surface area contributed by atoms with Crippen molar-refractivity contribution >= 4 is 11.9 Å². The van der Waals surface area contributed by atoms with Gasteiger partial charge in [0.05, 0.1) is 6.61 Å². The average Bonchev–Trinajstić information content (AvgIpc) is 3.22. The Balaban J connectivity index is 4.06. The lowest BCUT2D eigenvalue weighted by Gasteiger charge is -2.18. The summed E-state index contributed by atoms with van der Waals surface area (Å²) in [4.78, 5) is 25.1. The quantitative estimate of drug-likeness (QED) is 0.0348. The normalized spacial score (nSPS) is 12.7. The smallest absolute Gasteiger partial charge is 0.306 e. The van der Waals surface area contributed by atoms with Crippen LogP contribution < -0.4 is 0 Å². The fraction of sp³-hybridized carbons (Fsp3) is 0.774. The van der Waals surface area contributed by atoms with E-state index in [1.165, 1.54) is 128 Å². The summed E-state index contributed by atoms with van der Waals surface area (Å²) in [5.74, 6) is -0.425. The van der Waals surface area contributed by atoms with Crippen molar-refractivity contribution < 1.29 is 23.8 Å². The predicted molar refractivity (Wildman–Crippen MR) is 251 cm³/mol. The third-order valence-corrected chi connectivity index (χ3v) is 10.5. The standard InChI is InChI=1S/C53H94O5/c1-4-7-10-13-15-17-19-21-23-25-27-28-30-32-34-36-38-41-43-46-52(54)57-50-51(58-53(55)47-44-40-12-9-6-3)49-56-48-45-42-39-37-35-33-31-29-26-24-22-20-18-16-14-11-8-5-2/h15-18,21-24,27-28,51H,4-14,19-20,25-26,29-50H2,1-3H3/b17-15-,18-16-,23-21-,24-22-,28-27-. The molecule has 0 aliphatic rings. The first-order valence-corrected chi connectivity index (χ1v) is 24.8. The number of carbonyl (C=O) groups is 2. The van der Waals surface area contributed by atoms with Crippen LogP contribution in [-0.2, 0) is 23.8 Å². The van der Waals surface area contributed by atoms with E-state index in [0.29, 0.717) is 19.4 Å². The summed E-state index contributed by atoms with van der Waals surface area (Å²) in [6.45, 7) is 7.69. The minimum Gasteiger partial charge on any atom is -0.462 e. The molecule has 336 valence electrons. The lowest BCUT2D eigenvalue weighted by molar-refractivity contribution is -0.163. The van der Waals surface area contributed by atoms with Crippen molar-refractivity contribution in [1.82, 2.24) is 0 Å². The Morgan fingerprint density at radius 1 is 0.379 bits per heavy atom. The van der Waals surface area contributed by atoms with Crippen LogP contribution in [0.1, 0.15) is 239 Å². The van der Waals surface area contributed by atoms with Crippen LogP contribution in [0.2, 0.25) is 0 Å². The summed E-state index contributed by atoms with van der Waals surface area (Å²) >= 11 is 0. The van der Waals surface area contributed by atoms with E-state index in [4.69, 9.17) is 14.2 Å². The van der Waals surface area contributed by atoms with E-state index < -0.39 is 6.10 Å². The fourth-order valence-electron chi connectivity index (χ4n) is 6.78. The molecule has 1 atom stereocenters. The number of rotatable bonds is 45. The molecule has 0 fully saturated rings. The van der Waals surface area contributed by atoms with Crippen LogP contribution in [0.5, 0.6) is 0 Å². The Kier molecular flexibility index (Phi) is 46.9. The molecular formula is C53H94O5. The van der Waals surface area contributed by atoms with Crippen LogP contribution in [0.15, 0.2) is 60.8 Å². The number of esters is 2. The summed E-state index contributed by atoms with van der Waals surface area (Å²) in [5.41, 5.74) is 0. The second-order valence-corrected chi connectivity index (χ2v) is 16.4. The Labute approximate surface area is 360 Å². The summed E-state index contributed by atoms with van der Waals surface area (Å²) < 4.78 is 17.2. The van der Waals surface area contributed by atoms with Crippen molar-refractivity contribution in [2.75, 3.05) is 19.8 Å². The number of unbranched alkanes of at least 4 members (excludes halogenated alkanes) is 24. The van der Waals surface area contributed by atoms with Crippen LogP contribution >= 0.6 is 0 Å². The zero-order valence-electron chi connectivity index (χ0n) is 38.6. The van der Waals surface area contributed by atoms with Gasteiger partial charge in [0.2, 0.25) is 0 Å². The first-order chi connectivity index (χ1) is 28.6. The lowest BCUT2D eigenvalue weighted by Crippen LogP contribution is -2.30. The molecule has 0 radical (unpaired) electrons. The van der Waals surface area contributed by atoms with Gasteiger partial charge in [0, 0.05) is 19.4 Å². The van der Waals surface area contributed by atoms with E-state index in [1.807, 2.05) is 0 Å². The molecule has 0 aromatic heterocycles. The second-order valence-electron chi connectivity index (χ2n) is 16.4. The van der Waals surface area contributed by atoms with E-state index in [9.17, 15) is 9.59 Å². The number of ether oxygens (including phenoxy) is 3. The van der Waals surface area contributed by atoms with Gasteiger partial charge in [-0.2, -0.15) is 0 Å². The third-order valence-electron chi connectivity index (χ3n) is 10.5. The van der Waals surface area contributed by atoms with Gasteiger partial charge in [-0.05, 0) is 89.9 Å². The molecule has 0 aliphatic heterocycles. The van der Waals surface area contributed by atoms with E-state index in [0.717, 1.165) is 77.0 Å². The maximum atomic E-state index is 12.6. The van der Waals surface area contributed by atoms with Gasteiger partial charge < -0.3 is 14.2 Å². The number of carbonyl (C=O) groups excluding carboxylic acids is 2. The molecule has 0 amide bonds. The van der Waals surface area contributed by atoms with Crippen molar-refractivity contribution in [3.05, 3.63) is 60.8 Å². The first kappa shape index (κ1) is 55.6. The minimum absolute atomic E-state index is 0.0753. The molecular weight excluding hydrogens is 717 g/mol. The van der Waals surface area contributed by atoms with Crippen molar-refractivity contribution in [2.45, 2.75) is 245 Å². The SMILES string of the molecule is CCCCC/C=C\C/C=C\C/C=C\CCCCCCCCC(=O)OCC(COCCCCCCCCCC/C=C\C/C=C\CCCCC)OC(=O)CCCCCCC. The summed E-state index contributed by atoms with van der Waals surface area (Å²) in [7, 11) is 0. The van der Waals surface area contributed by atoms with Gasteiger partial charge in [0.25, 0.3) is 0 Å². The van der Waals surface area contributed by atoms with Gasteiger partial charge in [0.15, 0.2) is 6.10 Å². The highest BCUT2D eigenvalue weighted by atomic mass is 16.6. The van der Waals surface area contributed by atoms with Crippen LogP contribution in [0.3, 0.4) is 0 Å². The lowest BCUT2D eigenvalue weighted by atomic mass is 10.1. The van der Waals surface area contributed by atoms with E-state index in [2.05, 4.69) is 81.5 Å². The molecule has 0 saturated heterocycles. The molecule has 5 heteroatoms. The van der Waals surface area contributed by atoms with E-state index in [-0.39, 0.29) is 25.2 Å². The molecule has 0 rings (SSSR count). The maximum Gasteiger partial charge on any atom is 0.306 e. The van der Waals surface area contributed by atoms with Gasteiger partial charge >= 0.3 is 11.9 Å². The average molecular weight is 811 g/mol. The van der Waals surface area contributed by atoms with Gasteiger partial charge in [-0.1, -0.05) is 197 Å². The van der Waals surface area contributed by atoms with E-state index >= 15 is 0 Å². The molecule has 5 nitrogen and oxygen atoms in total. The zero-order valence-corrected chi connectivity index (χ0v) is 38.6. The van der Waals surface area contributed by atoms with Crippen molar-refractivity contribution in [1.29, 1.82) is 0 Å². The number of hydrogen-bond donors (Lipinski definition) is 0. The molecule has 0 aromatic carbocycles. The van der Waals surface area contributed by atoms with Gasteiger partial charge in [0.1, 0.15) is 6.61 Å². The van der Waals surface area contributed by atoms with Crippen molar-refractivity contribution in [2.24, 2.45) is 0 Å². The van der Waals surface area contributed by atoms with Crippen LogP contribution in [0.25, 0.3) is 0 Å². The van der Waals surface area contributed by atoms with Gasteiger partial charge in [-0.25, -0.2) is 0 Å². The molecule has 0 aliphatic carbocycles. The van der Waals surface area contributed by atoms with Gasteiger partial charge in [-0.15, -0.1) is 0 Å². The molecule has 0 heterocycles. The maximum absolute atomic E-state index is 12.6. The van der Waals surface area contributed by atoms with Crippen LogP contribution in [0.4, 0.5) is 0 Å². The molecule has 58 heavy (non-hydrogen) atoms. The monoisotopic (exact) mass is 811 g/mol. The highest BCUT2D eigenvalue weighted by Gasteiger charge is 2.17. The second kappa shape index (κ2) is 49.0. The fourth-order valence-corrected chi connectivity index (χ4v) is 6.78. The Morgan fingerprint density at radius 2 is 0.724 bits per heavy atom. The van der Waals surface area contributed by atoms with Gasteiger partial charge in [-0.3, -0.25) is 9.59 Å². The molecule has 0 aromatic rings. The Bertz CT molecular complexity index is 1010. The minimum atomic E-state index is -0.540. The topological polar surface area (TPSA) is 61.8 Å². The largest absolute Gasteiger partial charge is 0.462 e. The highest BCUT2D eigenvalue weighted by Crippen LogP contribution is 2.13. The highest BCUT2D eigenvalue weighted by molar-refractivity contribution is 5.70. The summed E-state index contributed by atoms with van der Waals surface area (Å²) in [6, 6.07) is 0. The van der Waals surface area contributed by atoms with E-state index in [1.54, 1.807) is 0 Å². The first-order valence-electron chi connectivity index (χ1n) is 24.8. The zero-order chi connectivity index (χ0) is 42.1. The molecule has 1 unspecified atom stereocenters.